The Labute approximate surface area is 131 Å². The summed E-state index contributed by atoms with van der Waals surface area (Å²) >= 11 is 3.30. The van der Waals surface area contributed by atoms with Crippen LogP contribution in [0.3, 0.4) is 0 Å². The Bertz CT molecular complexity index is 738. The first-order valence-corrected chi connectivity index (χ1v) is 8.37. The second-order valence-electron chi connectivity index (χ2n) is 4.57. The van der Waals surface area contributed by atoms with Gasteiger partial charge in [-0.05, 0) is 36.8 Å². The van der Waals surface area contributed by atoms with Crippen molar-refractivity contribution in [3.05, 3.63) is 57.8 Å². The summed E-state index contributed by atoms with van der Waals surface area (Å²) in [4.78, 5) is -0.180. The first-order chi connectivity index (χ1) is 9.79. The summed E-state index contributed by atoms with van der Waals surface area (Å²) in [6.45, 7) is 1.61. The summed E-state index contributed by atoms with van der Waals surface area (Å²) < 4.78 is 41.2. The molecule has 0 saturated heterocycles. The number of nitrogens with one attached hydrogen (secondary N) is 1. The number of benzene rings is 2. The van der Waals surface area contributed by atoms with Gasteiger partial charge in [-0.1, -0.05) is 28.1 Å². The summed E-state index contributed by atoms with van der Waals surface area (Å²) in [5.74, 6) is -0.640. The van der Waals surface area contributed by atoms with Gasteiger partial charge in [-0.25, -0.2) is 17.5 Å². The average Bonchev–Trinajstić information content (AvgIpc) is 2.43. The molecule has 0 fully saturated rings. The Morgan fingerprint density at radius 3 is 2.43 bits per heavy atom. The van der Waals surface area contributed by atoms with Crippen molar-refractivity contribution in [3.63, 3.8) is 0 Å². The van der Waals surface area contributed by atoms with E-state index >= 15 is 0 Å². The van der Waals surface area contributed by atoms with Crippen LogP contribution >= 0.6 is 15.9 Å². The molecular formula is C14H14BrFN2O2S. The van der Waals surface area contributed by atoms with Gasteiger partial charge in [0.1, 0.15) is 5.82 Å². The molecule has 0 unspecified atom stereocenters. The third kappa shape index (κ3) is 3.81. The summed E-state index contributed by atoms with van der Waals surface area (Å²) in [5, 5.41) is 0. The van der Waals surface area contributed by atoms with Crippen LogP contribution in [-0.4, -0.2) is 8.42 Å². The van der Waals surface area contributed by atoms with Crippen LogP contribution in [0.15, 0.2) is 45.8 Å². The van der Waals surface area contributed by atoms with Gasteiger partial charge < -0.3 is 5.73 Å². The van der Waals surface area contributed by atoms with Gasteiger partial charge in [-0.3, -0.25) is 0 Å². The fraction of sp³-hybridized carbons (Fsp3) is 0.143. The van der Waals surface area contributed by atoms with Crippen molar-refractivity contribution in [2.24, 2.45) is 0 Å². The highest BCUT2D eigenvalue weighted by molar-refractivity contribution is 9.10. The van der Waals surface area contributed by atoms with Gasteiger partial charge in [-0.15, -0.1) is 0 Å². The number of hydrogen-bond acceptors (Lipinski definition) is 3. The highest BCUT2D eigenvalue weighted by atomic mass is 79.9. The maximum absolute atomic E-state index is 13.6. The lowest BCUT2D eigenvalue weighted by Crippen LogP contribution is -2.23. The molecule has 4 nitrogen and oxygen atoms in total. The van der Waals surface area contributed by atoms with Crippen LogP contribution in [0.1, 0.15) is 11.1 Å². The maximum Gasteiger partial charge on any atom is 0.241 e. The Kier molecular flexibility index (Phi) is 4.65. The van der Waals surface area contributed by atoms with Crippen LogP contribution in [0.25, 0.3) is 0 Å². The first-order valence-electron chi connectivity index (χ1n) is 6.09. The number of halogens is 2. The van der Waals surface area contributed by atoms with Crippen molar-refractivity contribution in [1.82, 2.24) is 4.72 Å². The van der Waals surface area contributed by atoms with Gasteiger partial charge in [0, 0.05) is 22.3 Å². The zero-order chi connectivity index (χ0) is 15.6. The SMILES string of the molecule is Cc1c(N)cc(S(=O)(=O)NCc2ccc(Br)cc2)cc1F. The zero-order valence-electron chi connectivity index (χ0n) is 11.2. The minimum Gasteiger partial charge on any atom is -0.398 e. The number of hydrogen-bond donors (Lipinski definition) is 2. The minimum absolute atomic E-state index is 0.110. The molecular weight excluding hydrogens is 359 g/mol. The monoisotopic (exact) mass is 372 g/mol. The highest BCUT2D eigenvalue weighted by Crippen LogP contribution is 2.21. The third-order valence-corrected chi connectivity index (χ3v) is 4.96. The fourth-order valence-corrected chi connectivity index (χ4v) is 3.02. The van der Waals surface area contributed by atoms with Crippen molar-refractivity contribution in [2.45, 2.75) is 18.4 Å². The molecule has 112 valence electrons. The molecule has 2 rings (SSSR count). The molecule has 0 amide bonds. The highest BCUT2D eigenvalue weighted by Gasteiger charge is 2.17. The normalized spacial score (nSPS) is 11.6. The fourth-order valence-electron chi connectivity index (χ4n) is 1.69. The second kappa shape index (κ2) is 6.13. The average molecular weight is 373 g/mol. The van der Waals surface area contributed by atoms with E-state index in [4.69, 9.17) is 5.73 Å². The Hall–Kier alpha value is -1.44. The predicted octanol–water partition coefficient (Wildman–Crippen LogP) is 2.96. The van der Waals surface area contributed by atoms with E-state index in [0.717, 1.165) is 16.1 Å². The van der Waals surface area contributed by atoms with Crippen molar-refractivity contribution >= 4 is 31.6 Å². The molecule has 7 heteroatoms. The summed E-state index contributed by atoms with van der Waals surface area (Å²) in [7, 11) is -3.81. The third-order valence-electron chi connectivity index (χ3n) is 3.05. The van der Waals surface area contributed by atoms with E-state index in [-0.39, 0.29) is 22.7 Å². The number of anilines is 1. The molecule has 2 aromatic carbocycles. The number of nitrogens with two attached hydrogens (primary N) is 1. The van der Waals surface area contributed by atoms with Gasteiger partial charge in [0.25, 0.3) is 0 Å². The molecule has 0 aliphatic heterocycles. The quantitative estimate of drug-likeness (QED) is 0.810. The standard InChI is InChI=1S/C14H14BrFN2O2S/c1-9-13(16)6-12(7-14(9)17)21(19,20)18-8-10-2-4-11(15)5-3-10/h2-7,18H,8,17H2,1H3. The van der Waals surface area contributed by atoms with Crippen LogP contribution in [-0.2, 0) is 16.6 Å². The molecule has 0 aromatic heterocycles. The van der Waals surface area contributed by atoms with E-state index < -0.39 is 15.8 Å². The first kappa shape index (κ1) is 15.9. The van der Waals surface area contributed by atoms with Gasteiger partial charge in [0.2, 0.25) is 10.0 Å². The van der Waals surface area contributed by atoms with Crippen LogP contribution in [0, 0.1) is 12.7 Å². The molecule has 0 aliphatic carbocycles. The van der Waals surface area contributed by atoms with E-state index in [0.29, 0.717) is 0 Å². The summed E-state index contributed by atoms with van der Waals surface area (Å²) in [6, 6.07) is 9.42. The predicted molar refractivity (Wildman–Crippen MR) is 83.7 cm³/mol. The molecule has 3 N–H and O–H groups in total. The second-order valence-corrected chi connectivity index (χ2v) is 7.25. The molecule has 0 bridgehead atoms. The van der Waals surface area contributed by atoms with E-state index in [9.17, 15) is 12.8 Å². The van der Waals surface area contributed by atoms with E-state index in [1.807, 2.05) is 12.1 Å². The van der Waals surface area contributed by atoms with Crippen LogP contribution in [0.4, 0.5) is 10.1 Å². The lowest BCUT2D eigenvalue weighted by molar-refractivity contribution is 0.576. The molecule has 0 atom stereocenters. The summed E-state index contributed by atoms with van der Waals surface area (Å²) in [5.41, 5.74) is 6.75. The van der Waals surface area contributed by atoms with E-state index in [2.05, 4.69) is 20.7 Å². The number of nitrogen functional groups attached to an aromatic ring is 1. The van der Waals surface area contributed by atoms with Crippen LogP contribution in [0.2, 0.25) is 0 Å². The smallest absolute Gasteiger partial charge is 0.241 e. The molecule has 21 heavy (non-hydrogen) atoms. The van der Waals surface area contributed by atoms with Crippen LogP contribution in [0.5, 0.6) is 0 Å². The Balaban J connectivity index is 2.20. The summed E-state index contributed by atoms with van der Waals surface area (Å²) in [6.07, 6.45) is 0. The lowest BCUT2D eigenvalue weighted by Gasteiger charge is -2.09. The van der Waals surface area contributed by atoms with Crippen molar-refractivity contribution < 1.29 is 12.8 Å². The van der Waals surface area contributed by atoms with E-state index in [1.165, 1.54) is 13.0 Å². The zero-order valence-corrected chi connectivity index (χ0v) is 13.6. The molecule has 0 saturated carbocycles. The van der Waals surface area contributed by atoms with Crippen molar-refractivity contribution in [1.29, 1.82) is 0 Å². The van der Waals surface area contributed by atoms with E-state index in [1.54, 1.807) is 12.1 Å². The van der Waals surface area contributed by atoms with Crippen LogP contribution < -0.4 is 10.5 Å². The minimum atomic E-state index is -3.81. The molecule has 2 aromatic rings. The van der Waals surface area contributed by atoms with Crippen molar-refractivity contribution in [3.8, 4) is 0 Å². The maximum atomic E-state index is 13.6. The molecule has 0 aliphatic rings. The lowest BCUT2D eigenvalue weighted by atomic mass is 10.2. The van der Waals surface area contributed by atoms with Gasteiger partial charge in [0.15, 0.2) is 0 Å². The molecule has 0 radical (unpaired) electrons. The Morgan fingerprint density at radius 1 is 1.24 bits per heavy atom. The largest absolute Gasteiger partial charge is 0.398 e. The van der Waals surface area contributed by atoms with Gasteiger partial charge in [0.05, 0.1) is 4.90 Å². The molecule has 0 heterocycles. The van der Waals surface area contributed by atoms with Gasteiger partial charge >= 0.3 is 0 Å². The topological polar surface area (TPSA) is 72.2 Å². The number of rotatable bonds is 4. The molecule has 0 spiro atoms. The Morgan fingerprint density at radius 2 is 1.86 bits per heavy atom. The van der Waals surface area contributed by atoms with Crippen molar-refractivity contribution in [2.75, 3.05) is 5.73 Å². The van der Waals surface area contributed by atoms with Gasteiger partial charge in [-0.2, -0.15) is 0 Å². The number of sulfonamides is 1.